The Morgan fingerprint density at radius 3 is 2.57 bits per heavy atom. The Hall–Kier alpha value is -2.12. The molecule has 3 rings (SSSR count). The molecule has 6 nitrogen and oxygen atoms in total. The Kier molecular flexibility index (Phi) is 6.91. The Morgan fingerprint density at radius 1 is 1.25 bits per heavy atom. The third kappa shape index (κ3) is 4.83. The summed E-state index contributed by atoms with van der Waals surface area (Å²) in [6.07, 6.45) is 4.16. The lowest BCUT2D eigenvalue weighted by Crippen LogP contribution is -2.60. The number of carbonyl (C=O) groups excluding carboxylic acids is 2. The van der Waals surface area contributed by atoms with Gasteiger partial charge < -0.3 is 5.32 Å². The lowest BCUT2D eigenvalue weighted by molar-refractivity contribution is -0.139. The molecule has 1 aromatic carbocycles. The fraction of sp³-hybridized carbons (Fsp3) is 0.524. The lowest BCUT2D eigenvalue weighted by atomic mass is 10.0. The Morgan fingerprint density at radius 2 is 1.93 bits per heavy atom. The summed E-state index contributed by atoms with van der Waals surface area (Å²) in [5.74, 6) is -1.53. The second-order valence-corrected chi connectivity index (χ2v) is 7.92. The maximum atomic E-state index is 12.8. The molecule has 2 aliphatic rings. The minimum Gasteiger partial charge on any atom is -0.302 e. The van der Waals surface area contributed by atoms with E-state index in [0.717, 1.165) is 38.9 Å². The number of carbonyl (C=O) groups is 2. The highest BCUT2D eigenvalue weighted by Crippen LogP contribution is 2.18. The summed E-state index contributed by atoms with van der Waals surface area (Å²) in [6.45, 7) is 6.79. The number of hydrogen-bond acceptors (Lipinski definition) is 5. The van der Waals surface area contributed by atoms with Gasteiger partial charge in [-0.25, -0.2) is 0 Å². The minimum absolute atomic E-state index is 0.0438. The second-order valence-electron chi connectivity index (χ2n) is 7.53. The van der Waals surface area contributed by atoms with Crippen LogP contribution in [0.4, 0.5) is 0 Å². The number of nitrogens with zero attached hydrogens (tertiary/aromatic N) is 3. The lowest BCUT2D eigenvalue weighted by Gasteiger charge is -2.35. The van der Waals surface area contributed by atoms with E-state index in [0.29, 0.717) is 0 Å². The molecule has 0 aromatic heterocycles. The number of piperidine rings is 1. The van der Waals surface area contributed by atoms with Crippen molar-refractivity contribution in [3.05, 3.63) is 35.9 Å². The van der Waals surface area contributed by atoms with Crippen molar-refractivity contribution >= 4 is 35.4 Å². The van der Waals surface area contributed by atoms with Gasteiger partial charge in [-0.2, -0.15) is 0 Å². The second kappa shape index (κ2) is 9.39. The van der Waals surface area contributed by atoms with Gasteiger partial charge in [0.15, 0.2) is 11.0 Å². The van der Waals surface area contributed by atoms with Crippen LogP contribution in [0.25, 0.3) is 0 Å². The van der Waals surface area contributed by atoms with Crippen molar-refractivity contribution in [3.8, 4) is 0 Å². The van der Waals surface area contributed by atoms with Crippen LogP contribution in [0.2, 0.25) is 0 Å². The fourth-order valence-electron chi connectivity index (χ4n) is 3.61. The first-order valence-corrected chi connectivity index (χ1v) is 10.4. The number of likely N-dealkylation sites (tertiary alicyclic amines) is 1. The van der Waals surface area contributed by atoms with Crippen molar-refractivity contribution in [2.75, 3.05) is 13.1 Å². The molecule has 2 atom stereocenters. The third-order valence-corrected chi connectivity index (χ3v) is 5.82. The van der Waals surface area contributed by atoms with Crippen molar-refractivity contribution in [1.82, 2.24) is 15.1 Å². The summed E-state index contributed by atoms with van der Waals surface area (Å²) in [5, 5.41) is 2.84. The molecule has 0 spiro atoms. The van der Waals surface area contributed by atoms with Gasteiger partial charge in [0.1, 0.15) is 0 Å². The molecule has 2 saturated heterocycles. The molecule has 0 unspecified atom stereocenters. The van der Waals surface area contributed by atoms with E-state index in [1.54, 1.807) is 0 Å². The van der Waals surface area contributed by atoms with E-state index in [9.17, 15) is 9.59 Å². The number of hydrogen-bond donors (Lipinski definition) is 1. The summed E-state index contributed by atoms with van der Waals surface area (Å²) in [5.41, 5.74) is 1.31. The van der Waals surface area contributed by atoms with Crippen LogP contribution in [0.15, 0.2) is 35.3 Å². The molecular formula is C21H28N4O2S. The van der Waals surface area contributed by atoms with E-state index in [4.69, 9.17) is 12.2 Å². The summed E-state index contributed by atoms with van der Waals surface area (Å²) in [6, 6.07) is 10.6. The zero-order valence-corrected chi connectivity index (χ0v) is 17.3. The number of rotatable bonds is 6. The normalized spacial score (nSPS) is 23.3. The van der Waals surface area contributed by atoms with Crippen LogP contribution in [0.3, 0.4) is 0 Å². The van der Waals surface area contributed by atoms with Crippen molar-refractivity contribution in [2.24, 2.45) is 10.9 Å². The van der Waals surface area contributed by atoms with Gasteiger partial charge in [-0.15, -0.1) is 0 Å². The highest BCUT2D eigenvalue weighted by Gasteiger charge is 2.39. The van der Waals surface area contributed by atoms with Crippen LogP contribution < -0.4 is 5.32 Å². The van der Waals surface area contributed by atoms with E-state index in [2.05, 4.69) is 39.5 Å². The minimum atomic E-state index is -0.886. The zero-order chi connectivity index (χ0) is 20.1. The highest BCUT2D eigenvalue weighted by molar-refractivity contribution is 7.80. The molecule has 2 heterocycles. The van der Waals surface area contributed by atoms with Crippen molar-refractivity contribution in [1.29, 1.82) is 0 Å². The van der Waals surface area contributed by atoms with Crippen molar-refractivity contribution < 1.29 is 9.59 Å². The van der Waals surface area contributed by atoms with Gasteiger partial charge in [0, 0.05) is 31.9 Å². The van der Waals surface area contributed by atoms with Crippen LogP contribution in [-0.4, -0.2) is 58.1 Å². The molecule has 2 aliphatic heterocycles. The van der Waals surface area contributed by atoms with Gasteiger partial charge in [0.25, 0.3) is 0 Å². The standard InChI is InChI=1S/C21H28N4O2S/c1-3-15(2)25-20(27)18(19(26)23-21(25)28)13-22-17-9-11-24(12-10-17)14-16-7-5-4-6-8-16/h4-8,13,15,17-18H,3,9-12,14H2,1-2H3,(H,23,26,28)/t15-,18+/m0/s1. The number of aliphatic imine (C=N–C) groups is 1. The van der Waals surface area contributed by atoms with E-state index < -0.39 is 5.92 Å². The number of amides is 2. The van der Waals surface area contributed by atoms with Gasteiger partial charge in [0.2, 0.25) is 11.8 Å². The molecule has 0 saturated carbocycles. The molecular weight excluding hydrogens is 372 g/mol. The fourth-order valence-corrected chi connectivity index (χ4v) is 3.98. The molecule has 150 valence electrons. The van der Waals surface area contributed by atoms with Gasteiger partial charge in [0.05, 0.1) is 6.04 Å². The maximum absolute atomic E-state index is 12.8. The highest BCUT2D eigenvalue weighted by atomic mass is 32.1. The Labute approximate surface area is 172 Å². The quantitative estimate of drug-likeness (QED) is 0.452. The number of benzene rings is 1. The molecule has 7 heteroatoms. The van der Waals surface area contributed by atoms with E-state index in [1.165, 1.54) is 16.7 Å². The summed E-state index contributed by atoms with van der Waals surface area (Å²) in [7, 11) is 0. The van der Waals surface area contributed by atoms with Crippen LogP contribution in [0.1, 0.15) is 38.7 Å². The Balaban J connectivity index is 1.55. The van der Waals surface area contributed by atoms with Gasteiger partial charge in [-0.3, -0.25) is 24.4 Å². The van der Waals surface area contributed by atoms with E-state index in [1.807, 2.05) is 19.9 Å². The molecule has 0 bridgehead atoms. The average Bonchev–Trinajstić information content (AvgIpc) is 2.69. The van der Waals surface area contributed by atoms with E-state index in [-0.39, 0.29) is 29.0 Å². The smallest absolute Gasteiger partial charge is 0.247 e. The van der Waals surface area contributed by atoms with Gasteiger partial charge in [-0.1, -0.05) is 37.3 Å². The first-order chi connectivity index (χ1) is 13.5. The molecule has 2 fully saturated rings. The van der Waals surface area contributed by atoms with Crippen LogP contribution in [0.5, 0.6) is 0 Å². The summed E-state index contributed by atoms with van der Waals surface area (Å²) in [4.78, 5) is 33.5. The first kappa shape index (κ1) is 20.6. The van der Waals surface area contributed by atoms with Crippen LogP contribution >= 0.6 is 12.2 Å². The Bertz CT molecular complexity index is 744. The average molecular weight is 401 g/mol. The summed E-state index contributed by atoms with van der Waals surface area (Å²) < 4.78 is 0. The molecule has 0 radical (unpaired) electrons. The van der Waals surface area contributed by atoms with Crippen LogP contribution in [0, 0.1) is 5.92 Å². The molecule has 1 aromatic rings. The molecule has 1 N–H and O–H groups in total. The predicted octanol–water partition coefficient (Wildman–Crippen LogP) is 2.38. The van der Waals surface area contributed by atoms with Crippen molar-refractivity contribution in [3.63, 3.8) is 0 Å². The number of nitrogens with one attached hydrogen (secondary N) is 1. The number of thiocarbonyl (C=S) groups is 1. The topological polar surface area (TPSA) is 65.0 Å². The monoisotopic (exact) mass is 400 g/mol. The van der Waals surface area contributed by atoms with E-state index >= 15 is 0 Å². The summed E-state index contributed by atoms with van der Waals surface area (Å²) >= 11 is 5.18. The third-order valence-electron chi connectivity index (χ3n) is 5.52. The first-order valence-electron chi connectivity index (χ1n) is 9.97. The molecule has 0 aliphatic carbocycles. The molecule has 2 amide bonds. The largest absolute Gasteiger partial charge is 0.302 e. The SMILES string of the molecule is CC[C@H](C)N1C(=O)[C@H](C=NC2CCN(Cc3ccccc3)CC2)C(=O)NC1=S. The van der Waals surface area contributed by atoms with Crippen molar-refractivity contribution in [2.45, 2.75) is 51.7 Å². The predicted molar refractivity (Wildman–Crippen MR) is 114 cm³/mol. The zero-order valence-electron chi connectivity index (χ0n) is 16.5. The maximum Gasteiger partial charge on any atom is 0.247 e. The van der Waals surface area contributed by atoms with Gasteiger partial charge >= 0.3 is 0 Å². The van der Waals surface area contributed by atoms with Gasteiger partial charge in [-0.05, 0) is 44.0 Å². The van der Waals surface area contributed by atoms with Crippen LogP contribution in [-0.2, 0) is 16.1 Å². The molecule has 28 heavy (non-hydrogen) atoms.